The Bertz CT molecular complexity index is 531. The van der Waals surface area contributed by atoms with Crippen molar-refractivity contribution in [2.75, 3.05) is 0 Å². The molecule has 0 aliphatic heterocycles. The second kappa shape index (κ2) is 9.61. The van der Waals surface area contributed by atoms with Gasteiger partial charge in [-0.1, -0.05) is 50.1 Å². The quantitative estimate of drug-likeness (QED) is 0.642. The number of hydrogen-bond acceptors (Lipinski definition) is 3. The van der Waals surface area contributed by atoms with E-state index < -0.39 is 24.0 Å². The maximum Gasteiger partial charge on any atom is 0.326 e. The molecule has 0 saturated heterocycles. The van der Waals surface area contributed by atoms with Gasteiger partial charge < -0.3 is 15.7 Å². The van der Waals surface area contributed by atoms with Crippen LogP contribution in [-0.4, -0.2) is 35.0 Å². The third-order valence-electron chi connectivity index (χ3n) is 3.44. The van der Waals surface area contributed by atoms with Crippen LogP contribution in [0, 0.1) is 0 Å². The van der Waals surface area contributed by atoms with Gasteiger partial charge in [-0.05, 0) is 12.0 Å². The fourth-order valence-corrected chi connectivity index (χ4v) is 2.24. The topological polar surface area (TPSA) is 95.5 Å². The smallest absolute Gasteiger partial charge is 0.326 e. The van der Waals surface area contributed by atoms with Crippen molar-refractivity contribution in [2.24, 2.45) is 0 Å². The molecular formula is C17H24N2O4. The average Bonchev–Trinajstić information content (AvgIpc) is 2.50. The Hall–Kier alpha value is -2.37. The van der Waals surface area contributed by atoms with E-state index in [1.807, 2.05) is 37.3 Å². The van der Waals surface area contributed by atoms with Crippen molar-refractivity contribution in [1.29, 1.82) is 0 Å². The first kappa shape index (κ1) is 18.7. The minimum absolute atomic E-state index is 0.312. The highest BCUT2D eigenvalue weighted by molar-refractivity contribution is 5.90. The summed E-state index contributed by atoms with van der Waals surface area (Å²) in [5.74, 6) is -1.87. The Balaban J connectivity index is 2.77. The number of amides is 2. The van der Waals surface area contributed by atoms with E-state index in [0.29, 0.717) is 19.3 Å². The molecule has 0 spiro atoms. The van der Waals surface area contributed by atoms with Gasteiger partial charge in [0.25, 0.3) is 0 Å². The van der Waals surface area contributed by atoms with Crippen molar-refractivity contribution >= 4 is 17.8 Å². The lowest BCUT2D eigenvalue weighted by Crippen LogP contribution is -2.52. The van der Waals surface area contributed by atoms with Crippen molar-refractivity contribution < 1.29 is 19.5 Å². The molecule has 23 heavy (non-hydrogen) atoms. The Morgan fingerprint density at radius 1 is 1.09 bits per heavy atom. The van der Waals surface area contributed by atoms with E-state index in [9.17, 15) is 19.5 Å². The summed E-state index contributed by atoms with van der Waals surface area (Å²) < 4.78 is 0. The standard InChI is InChI=1S/C17H24N2O4/c1-3-4-10-14(17(22)23)19-16(21)15(18-12(2)20)11-13-8-6-5-7-9-13/h5-9,14-15H,3-4,10-11H2,1-2H3,(H,18,20)(H,19,21)(H,22,23)/t14-,15+/m0/s1. The van der Waals surface area contributed by atoms with E-state index >= 15 is 0 Å². The second-order valence-electron chi connectivity index (χ2n) is 5.48. The van der Waals surface area contributed by atoms with E-state index in [1.54, 1.807) is 0 Å². The number of carboxylic acid groups (broad SMARTS) is 1. The molecule has 0 aliphatic carbocycles. The number of nitrogens with one attached hydrogen (secondary N) is 2. The number of benzene rings is 1. The highest BCUT2D eigenvalue weighted by atomic mass is 16.4. The summed E-state index contributed by atoms with van der Waals surface area (Å²) in [5.41, 5.74) is 0.891. The largest absolute Gasteiger partial charge is 0.480 e. The number of unbranched alkanes of at least 4 members (excludes halogenated alkanes) is 1. The first-order valence-corrected chi connectivity index (χ1v) is 7.78. The highest BCUT2D eigenvalue weighted by Crippen LogP contribution is 2.06. The Morgan fingerprint density at radius 2 is 1.74 bits per heavy atom. The molecule has 2 atom stereocenters. The molecule has 0 aliphatic rings. The van der Waals surface area contributed by atoms with Gasteiger partial charge in [-0.2, -0.15) is 0 Å². The van der Waals surface area contributed by atoms with Crippen molar-refractivity contribution in [3.05, 3.63) is 35.9 Å². The molecule has 6 heteroatoms. The van der Waals surface area contributed by atoms with Crippen molar-refractivity contribution in [3.8, 4) is 0 Å². The Morgan fingerprint density at radius 3 is 2.26 bits per heavy atom. The molecule has 2 amide bonds. The fraction of sp³-hybridized carbons (Fsp3) is 0.471. The Labute approximate surface area is 136 Å². The zero-order valence-corrected chi connectivity index (χ0v) is 13.5. The van der Waals surface area contributed by atoms with Gasteiger partial charge in [0.15, 0.2) is 0 Å². The molecule has 6 nitrogen and oxygen atoms in total. The van der Waals surface area contributed by atoms with Crippen LogP contribution in [-0.2, 0) is 20.8 Å². The van der Waals surface area contributed by atoms with Gasteiger partial charge in [0.05, 0.1) is 0 Å². The van der Waals surface area contributed by atoms with Crippen molar-refractivity contribution in [2.45, 2.75) is 51.6 Å². The van der Waals surface area contributed by atoms with Crippen LogP contribution in [0.2, 0.25) is 0 Å². The number of carbonyl (C=O) groups is 3. The maximum atomic E-state index is 12.4. The van der Waals surface area contributed by atoms with Crippen LogP contribution in [0.25, 0.3) is 0 Å². The van der Waals surface area contributed by atoms with Crippen molar-refractivity contribution in [1.82, 2.24) is 10.6 Å². The number of rotatable bonds is 9. The first-order chi connectivity index (χ1) is 10.9. The van der Waals surface area contributed by atoms with Gasteiger partial charge in [-0.25, -0.2) is 4.79 Å². The van der Waals surface area contributed by atoms with Crippen LogP contribution in [0.5, 0.6) is 0 Å². The molecule has 1 aromatic carbocycles. The predicted octanol–water partition coefficient (Wildman–Crippen LogP) is 1.49. The average molecular weight is 320 g/mol. The molecule has 0 radical (unpaired) electrons. The van der Waals surface area contributed by atoms with E-state index in [-0.39, 0.29) is 5.91 Å². The molecule has 0 heterocycles. The van der Waals surface area contributed by atoms with Crippen LogP contribution in [0.15, 0.2) is 30.3 Å². The lowest BCUT2D eigenvalue weighted by Gasteiger charge is -2.21. The number of hydrogen-bond donors (Lipinski definition) is 3. The fourth-order valence-electron chi connectivity index (χ4n) is 2.24. The third kappa shape index (κ3) is 6.95. The van der Waals surface area contributed by atoms with Gasteiger partial charge in [-0.3, -0.25) is 9.59 Å². The van der Waals surface area contributed by atoms with Gasteiger partial charge in [0.2, 0.25) is 11.8 Å². The monoisotopic (exact) mass is 320 g/mol. The highest BCUT2D eigenvalue weighted by Gasteiger charge is 2.25. The molecule has 0 aromatic heterocycles. The minimum atomic E-state index is -1.06. The van der Waals surface area contributed by atoms with Crippen LogP contribution < -0.4 is 10.6 Å². The summed E-state index contributed by atoms with van der Waals surface area (Å²) in [6.07, 6.45) is 2.24. The summed E-state index contributed by atoms with van der Waals surface area (Å²) in [4.78, 5) is 34.9. The molecule has 3 N–H and O–H groups in total. The van der Waals surface area contributed by atoms with Gasteiger partial charge in [0.1, 0.15) is 12.1 Å². The van der Waals surface area contributed by atoms with Gasteiger partial charge >= 0.3 is 5.97 Å². The van der Waals surface area contributed by atoms with Gasteiger partial charge in [-0.15, -0.1) is 0 Å². The predicted molar refractivity (Wildman–Crippen MR) is 86.8 cm³/mol. The SMILES string of the molecule is CCCC[C@H](NC(=O)[C@@H](Cc1ccccc1)NC(C)=O)C(=O)O. The molecule has 0 fully saturated rings. The summed E-state index contributed by atoms with van der Waals surface area (Å²) in [6, 6.07) is 7.54. The second-order valence-corrected chi connectivity index (χ2v) is 5.48. The summed E-state index contributed by atoms with van der Waals surface area (Å²) in [5, 5.41) is 14.3. The molecule has 1 aromatic rings. The zero-order valence-electron chi connectivity index (χ0n) is 13.5. The van der Waals surface area contributed by atoms with E-state index in [0.717, 1.165) is 12.0 Å². The molecule has 0 unspecified atom stereocenters. The van der Waals surface area contributed by atoms with E-state index in [4.69, 9.17) is 0 Å². The van der Waals surface area contributed by atoms with Crippen LogP contribution >= 0.6 is 0 Å². The zero-order chi connectivity index (χ0) is 17.2. The summed E-state index contributed by atoms with van der Waals surface area (Å²) >= 11 is 0. The third-order valence-corrected chi connectivity index (χ3v) is 3.44. The summed E-state index contributed by atoms with van der Waals surface area (Å²) in [6.45, 7) is 3.28. The lowest BCUT2D eigenvalue weighted by atomic mass is 10.0. The number of aliphatic carboxylic acids is 1. The maximum absolute atomic E-state index is 12.4. The normalized spacial score (nSPS) is 13.0. The van der Waals surface area contributed by atoms with E-state index in [2.05, 4.69) is 10.6 Å². The number of carboxylic acids is 1. The lowest BCUT2D eigenvalue weighted by molar-refractivity contribution is -0.142. The van der Waals surface area contributed by atoms with Gasteiger partial charge in [0, 0.05) is 13.3 Å². The molecular weight excluding hydrogens is 296 g/mol. The first-order valence-electron chi connectivity index (χ1n) is 7.78. The molecule has 126 valence electrons. The minimum Gasteiger partial charge on any atom is -0.480 e. The summed E-state index contributed by atoms with van der Waals surface area (Å²) in [7, 11) is 0. The van der Waals surface area contributed by atoms with Crippen LogP contribution in [0.1, 0.15) is 38.7 Å². The number of carbonyl (C=O) groups excluding carboxylic acids is 2. The molecule has 1 rings (SSSR count). The van der Waals surface area contributed by atoms with Crippen molar-refractivity contribution in [3.63, 3.8) is 0 Å². The Kier molecular flexibility index (Phi) is 7.80. The van der Waals surface area contributed by atoms with Crippen LogP contribution in [0.3, 0.4) is 0 Å². The molecule has 0 saturated carbocycles. The molecule has 0 bridgehead atoms. The van der Waals surface area contributed by atoms with Crippen LogP contribution in [0.4, 0.5) is 0 Å². The van der Waals surface area contributed by atoms with E-state index in [1.165, 1.54) is 6.92 Å².